The summed E-state index contributed by atoms with van der Waals surface area (Å²) in [4.78, 5) is 12.0. The fourth-order valence-corrected chi connectivity index (χ4v) is 2.62. The molecule has 0 aliphatic carbocycles. The Bertz CT molecular complexity index is 439. The van der Waals surface area contributed by atoms with Crippen LogP contribution in [-0.2, 0) is 9.53 Å². The summed E-state index contributed by atoms with van der Waals surface area (Å²) in [5.41, 5.74) is 2.40. The molecular formula is C17H26N2O2. The smallest absolute Gasteiger partial charge is 0.234 e. The van der Waals surface area contributed by atoms with Crippen LogP contribution in [0.2, 0.25) is 0 Å². The van der Waals surface area contributed by atoms with Gasteiger partial charge in [0.2, 0.25) is 5.91 Å². The highest BCUT2D eigenvalue weighted by Gasteiger charge is 2.16. The summed E-state index contributed by atoms with van der Waals surface area (Å²) in [7, 11) is 0. The van der Waals surface area contributed by atoms with Gasteiger partial charge in [-0.05, 0) is 31.7 Å². The second-order valence-corrected chi connectivity index (χ2v) is 5.70. The molecule has 1 aliphatic heterocycles. The number of aryl methyl sites for hydroxylation is 1. The first-order valence-corrected chi connectivity index (χ1v) is 7.87. The molecule has 1 aromatic rings. The zero-order chi connectivity index (χ0) is 15.1. The molecule has 0 aromatic heterocycles. The van der Waals surface area contributed by atoms with Crippen LogP contribution in [0.15, 0.2) is 24.3 Å². The van der Waals surface area contributed by atoms with Crippen molar-refractivity contribution in [2.24, 2.45) is 0 Å². The predicted octanol–water partition coefficient (Wildman–Crippen LogP) is 2.33. The molecule has 2 unspecified atom stereocenters. The number of benzene rings is 1. The molecule has 1 aliphatic rings. The lowest BCUT2D eigenvalue weighted by Gasteiger charge is -2.18. The van der Waals surface area contributed by atoms with Gasteiger partial charge in [-0.3, -0.25) is 4.79 Å². The van der Waals surface area contributed by atoms with Crippen LogP contribution < -0.4 is 10.6 Å². The Hall–Kier alpha value is -1.39. The lowest BCUT2D eigenvalue weighted by atomic mass is 10.0. The third-order valence-corrected chi connectivity index (χ3v) is 3.90. The van der Waals surface area contributed by atoms with Gasteiger partial charge in [0.25, 0.3) is 0 Å². The van der Waals surface area contributed by atoms with E-state index in [2.05, 4.69) is 48.7 Å². The molecule has 2 atom stereocenters. The van der Waals surface area contributed by atoms with E-state index < -0.39 is 0 Å². The van der Waals surface area contributed by atoms with Crippen molar-refractivity contribution < 1.29 is 9.53 Å². The van der Waals surface area contributed by atoms with Crippen molar-refractivity contribution in [3.63, 3.8) is 0 Å². The first-order valence-electron chi connectivity index (χ1n) is 7.87. The number of hydrogen-bond acceptors (Lipinski definition) is 3. The Labute approximate surface area is 127 Å². The molecule has 1 heterocycles. The molecule has 2 N–H and O–H groups in total. The lowest BCUT2D eigenvalue weighted by molar-refractivity contribution is -0.121. The molecule has 21 heavy (non-hydrogen) atoms. The summed E-state index contributed by atoms with van der Waals surface area (Å²) in [5.74, 6) is 0.0421. The summed E-state index contributed by atoms with van der Waals surface area (Å²) >= 11 is 0. The van der Waals surface area contributed by atoms with Gasteiger partial charge >= 0.3 is 0 Å². The molecule has 0 saturated carbocycles. The molecule has 4 nitrogen and oxygen atoms in total. The van der Waals surface area contributed by atoms with Crippen molar-refractivity contribution in [3.05, 3.63) is 35.4 Å². The maximum atomic E-state index is 12.0. The third-order valence-electron chi connectivity index (χ3n) is 3.90. The van der Waals surface area contributed by atoms with Crippen molar-refractivity contribution in [1.82, 2.24) is 10.6 Å². The Morgan fingerprint density at radius 1 is 1.38 bits per heavy atom. The molecule has 1 aromatic carbocycles. The fraction of sp³-hybridized carbons (Fsp3) is 0.588. The highest BCUT2D eigenvalue weighted by molar-refractivity contribution is 5.78. The van der Waals surface area contributed by atoms with Gasteiger partial charge in [0.1, 0.15) is 0 Å². The summed E-state index contributed by atoms with van der Waals surface area (Å²) in [6.45, 7) is 6.11. The summed E-state index contributed by atoms with van der Waals surface area (Å²) in [6, 6.07) is 8.43. The van der Waals surface area contributed by atoms with Crippen molar-refractivity contribution in [2.45, 2.75) is 45.3 Å². The Balaban J connectivity index is 1.75. The normalized spacial score (nSPS) is 19.4. The number of amides is 1. The molecule has 0 radical (unpaired) electrons. The average Bonchev–Trinajstić information content (AvgIpc) is 2.99. The minimum Gasteiger partial charge on any atom is -0.377 e. The van der Waals surface area contributed by atoms with Crippen LogP contribution in [0.4, 0.5) is 0 Å². The van der Waals surface area contributed by atoms with Crippen LogP contribution >= 0.6 is 0 Å². The monoisotopic (exact) mass is 290 g/mol. The van der Waals surface area contributed by atoms with Crippen LogP contribution in [-0.4, -0.2) is 31.7 Å². The fourth-order valence-electron chi connectivity index (χ4n) is 2.62. The van der Waals surface area contributed by atoms with E-state index in [1.807, 2.05) is 0 Å². The van der Waals surface area contributed by atoms with E-state index in [0.29, 0.717) is 6.54 Å². The molecule has 116 valence electrons. The molecule has 1 fully saturated rings. The van der Waals surface area contributed by atoms with Gasteiger partial charge < -0.3 is 15.4 Å². The highest BCUT2D eigenvalue weighted by Crippen LogP contribution is 2.16. The van der Waals surface area contributed by atoms with Gasteiger partial charge in [0.15, 0.2) is 0 Å². The van der Waals surface area contributed by atoms with E-state index in [-0.39, 0.29) is 18.1 Å². The molecule has 1 saturated heterocycles. The number of ether oxygens (including phenoxy) is 1. The van der Waals surface area contributed by atoms with Gasteiger partial charge in [-0.25, -0.2) is 0 Å². The summed E-state index contributed by atoms with van der Waals surface area (Å²) < 4.78 is 5.52. The second kappa shape index (κ2) is 8.15. The maximum absolute atomic E-state index is 12.0. The minimum absolute atomic E-state index is 0.0421. The Morgan fingerprint density at radius 3 is 2.76 bits per heavy atom. The number of nitrogens with one attached hydrogen (secondary N) is 2. The Morgan fingerprint density at radius 2 is 2.14 bits per heavy atom. The first-order chi connectivity index (χ1) is 10.2. The molecule has 1 amide bonds. The van der Waals surface area contributed by atoms with Crippen LogP contribution in [0.3, 0.4) is 0 Å². The van der Waals surface area contributed by atoms with Crippen molar-refractivity contribution >= 4 is 5.91 Å². The zero-order valence-electron chi connectivity index (χ0n) is 13.0. The number of carbonyl (C=O) groups is 1. The molecule has 2 rings (SSSR count). The van der Waals surface area contributed by atoms with Gasteiger partial charge in [0.05, 0.1) is 18.7 Å². The second-order valence-electron chi connectivity index (χ2n) is 5.70. The molecule has 0 bridgehead atoms. The predicted molar refractivity (Wildman–Crippen MR) is 84.2 cm³/mol. The summed E-state index contributed by atoms with van der Waals surface area (Å²) in [6.07, 6.45) is 3.39. The number of carbonyl (C=O) groups excluding carboxylic acids is 1. The van der Waals surface area contributed by atoms with E-state index in [1.54, 1.807) is 0 Å². The third kappa shape index (κ3) is 5.14. The summed E-state index contributed by atoms with van der Waals surface area (Å²) in [5, 5.41) is 6.27. The quantitative estimate of drug-likeness (QED) is 0.810. The van der Waals surface area contributed by atoms with Gasteiger partial charge in [-0.1, -0.05) is 36.8 Å². The molecular weight excluding hydrogens is 264 g/mol. The van der Waals surface area contributed by atoms with Crippen LogP contribution in [0, 0.1) is 6.92 Å². The van der Waals surface area contributed by atoms with Crippen LogP contribution in [0.1, 0.15) is 43.4 Å². The molecule has 0 spiro atoms. The van der Waals surface area contributed by atoms with E-state index in [9.17, 15) is 4.79 Å². The van der Waals surface area contributed by atoms with Crippen LogP contribution in [0.5, 0.6) is 0 Å². The molecule has 4 heteroatoms. The highest BCUT2D eigenvalue weighted by atomic mass is 16.5. The number of hydrogen-bond donors (Lipinski definition) is 2. The zero-order valence-corrected chi connectivity index (χ0v) is 13.0. The standard InChI is InChI=1S/C17H26N2O2/c1-3-16(14-8-6-13(2)7-9-14)19-17(20)12-18-11-15-5-4-10-21-15/h6-9,15-16,18H,3-5,10-12H2,1-2H3,(H,19,20). The minimum atomic E-state index is 0.0421. The largest absolute Gasteiger partial charge is 0.377 e. The Kier molecular flexibility index (Phi) is 6.21. The van der Waals surface area contributed by atoms with Crippen molar-refractivity contribution in [3.8, 4) is 0 Å². The van der Waals surface area contributed by atoms with Gasteiger partial charge in [-0.15, -0.1) is 0 Å². The van der Waals surface area contributed by atoms with Crippen molar-refractivity contribution in [2.75, 3.05) is 19.7 Å². The van der Waals surface area contributed by atoms with E-state index in [0.717, 1.165) is 38.0 Å². The van der Waals surface area contributed by atoms with Gasteiger partial charge in [-0.2, -0.15) is 0 Å². The van der Waals surface area contributed by atoms with E-state index >= 15 is 0 Å². The van der Waals surface area contributed by atoms with E-state index in [4.69, 9.17) is 4.74 Å². The van der Waals surface area contributed by atoms with E-state index in [1.165, 1.54) is 5.56 Å². The first kappa shape index (κ1) is 16.0. The average molecular weight is 290 g/mol. The maximum Gasteiger partial charge on any atom is 0.234 e. The lowest BCUT2D eigenvalue weighted by Crippen LogP contribution is -2.38. The number of rotatable bonds is 7. The SMILES string of the molecule is CCC(NC(=O)CNCC1CCCO1)c1ccc(C)cc1. The van der Waals surface area contributed by atoms with Crippen molar-refractivity contribution in [1.29, 1.82) is 0 Å². The van der Waals surface area contributed by atoms with Gasteiger partial charge in [0, 0.05) is 13.2 Å². The van der Waals surface area contributed by atoms with Crippen LogP contribution in [0.25, 0.3) is 0 Å². The topological polar surface area (TPSA) is 50.4 Å².